The van der Waals surface area contributed by atoms with Gasteiger partial charge in [-0.1, -0.05) is 32.9 Å². The largest absolute Gasteiger partial charge is 0.360 e. The normalized spacial score (nSPS) is 41.6. The Morgan fingerprint density at radius 2 is 1.90 bits per heavy atom. The zero-order valence-electron chi connectivity index (χ0n) is 13.0. The Morgan fingerprint density at radius 1 is 1.10 bits per heavy atom. The second kappa shape index (κ2) is 5.32. The third-order valence-corrected chi connectivity index (χ3v) is 5.55. The topological polar surface area (TPSA) is 24.1 Å². The fourth-order valence-electron chi connectivity index (χ4n) is 4.80. The van der Waals surface area contributed by atoms with E-state index in [1.54, 1.807) is 0 Å². The molecule has 3 aliphatic rings. The van der Waals surface area contributed by atoms with E-state index < -0.39 is 0 Å². The van der Waals surface area contributed by atoms with Gasteiger partial charge >= 0.3 is 0 Å². The standard InChI is InChI=1S/C17H28N2S/c1-11-6-14(10-17(2,3)9-11)18-16(20)19-15-8-12-4-5-13(15)7-12/h4-5,11-15H,6-10H2,1-3H3,(H2,18,19,20)/t11-,12+,13+,14+,15+/m1/s1. The second-order valence-corrected chi connectivity index (χ2v) is 8.52. The number of rotatable bonds is 2. The molecular weight excluding hydrogens is 264 g/mol. The summed E-state index contributed by atoms with van der Waals surface area (Å²) in [5.41, 5.74) is 0.445. The number of fused-ring (bicyclic) bond motifs is 2. The monoisotopic (exact) mass is 292 g/mol. The van der Waals surface area contributed by atoms with Crippen LogP contribution in [0, 0.1) is 23.2 Å². The predicted molar refractivity (Wildman–Crippen MR) is 88.6 cm³/mol. The molecule has 112 valence electrons. The molecule has 0 aliphatic heterocycles. The van der Waals surface area contributed by atoms with E-state index in [-0.39, 0.29) is 0 Å². The molecule has 3 aliphatic carbocycles. The molecule has 3 rings (SSSR count). The van der Waals surface area contributed by atoms with E-state index >= 15 is 0 Å². The molecule has 2 bridgehead atoms. The van der Waals surface area contributed by atoms with Crippen LogP contribution in [0.3, 0.4) is 0 Å². The molecular formula is C17H28N2S. The Hall–Kier alpha value is -0.570. The molecule has 0 amide bonds. The van der Waals surface area contributed by atoms with E-state index in [1.807, 2.05) is 0 Å². The van der Waals surface area contributed by atoms with E-state index in [0.717, 1.165) is 16.9 Å². The van der Waals surface area contributed by atoms with Crippen molar-refractivity contribution in [3.8, 4) is 0 Å². The van der Waals surface area contributed by atoms with Crippen LogP contribution in [0.4, 0.5) is 0 Å². The van der Waals surface area contributed by atoms with Gasteiger partial charge in [-0.2, -0.15) is 0 Å². The van der Waals surface area contributed by atoms with Gasteiger partial charge in [0.2, 0.25) is 0 Å². The van der Waals surface area contributed by atoms with Crippen LogP contribution >= 0.6 is 12.2 Å². The predicted octanol–water partition coefficient (Wildman–Crippen LogP) is 3.63. The third-order valence-electron chi connectivity index (χ3n) is 5.32. The average molecular weight is 292 g/mol. The van der Waals surface area contributed by atoms with Crippen molar-refractivity contribution in [3.63, 3.8) is 0 Å². The summed E-state index contributed by atoms with van der Waals surface area (Å²) in [5.74, 6) is 2.31. The summed E-state index contributed by atoms with van der Waals surface area (Å²) in [6.07, 6.45) is 11.2. The Balaban J connectivity index is 1.50. The van der Waals surface area contributed by atoms with Gasteiger partial charge in [0, 0.05) is 12.1 Å². The lowest BCUT2D eigenvalue weighted by Crippen LogP contribution is -2.50. The van der Waals surface area contributed by atoms with Crippen molar-refractivity contribution in [2.75, 3.05) is 0 Å². The molecule has 20 heavy (non-hydrogen) atoms. The summed E-state index contributed by atoms with van der Waals surface area (Å²) in [5, 5.41) is 8.04. The first kappa shape index (κ1) is 14.4. The maximum atomic E-state index is 5.55. The molecule has 2 saturated carbocycles. The molecule has 0 heterocycles. The van der Waals surface area contributed by atoms with Gasteiger partial charge < -0.3 is 10.6 Å². The summed E-state index contributed by atoms with van der Waals surface area (Å²) in [6, 6.07) is 1.11. The molecule has 0 spiro atoms. The fourth-order valence-corrected chi connectivity index (χ4v) is 5.12. The number of hydrogen-bond donors (Lipinski definition) is 2. The van der Waals surface area contributed by atoms with Gasteiger partial charge in [-0.05, 0) is 67.5 Å². The zero-order chi connectivity index (χ0) is 14.3. The highest BCUT2D eigenvalue weighted by molar-refractivity contribution is 7.80. The zero-order valence-corrected chi connectivity index (χ0v) is 13.8. The number of nitrogens with one attached hydrogen (secondary N) is 2. The van der Waals surface area contributed by atoms with Gasteiger partial charge in [-0.3, -0.25) is 0 Å². The van der Waals surface area contributed by atoms with Gasteiger partial charge in [-0.15, -0.1) is 0 Å². The smallest absolute Gasteiger partial charge is 0.166 e. The van der Waals surface area contributed by atoms with Crippen molar-refractivity contribution < 1.29 is 0 Å². The van der Waals surface area contributed by atoms with E-state index in [9.17, 15) is 0 Å². The van der Waals surface area contributed by atoms with Crippen molar-refractivity contribution in [2.24, 2.45) is 23.2 Å². The lowest BCUT2D eigenvalue weighted by molar-refractivity contribution is 0.161. The van der Waals surface area contributed by atoms with Gasteiger partial charge in [0.05, 0.1) is 0 Å². The van der Waals surface area contributed by atoms with Crippen LogP contribution in [0.1, 0.15) is 52.9 Å². The van der Waals surface area contributed by atoms with Crippen LogP contribution in [0.25, 0.3) is 0 Å². The average Bonchev–Trinajstić information content (AvgIpc) is 2.87. The van der Waals surface area contributed by atoms with Gasteiger partial charge in [0.15, 0.2) is 5.11 Å². The number of allylic oxidation sites excluding steroid dienone is 1. The highest BCUT2D eigenvalue weighted by atomic mass is 32.1. The molecule has 2 nitrogen and oxygen atoms in total. The first-order chi connectivity index (χ1) is 9.41. The van der Waals surface area contributed by atoms with Gasteiger partial charge in [-0.25, -0.2) is 0 Å². The molecule has 0 aromatic rings. The Labute approximate surface area is 128 Å². The first-order valence-corrected chi connectivity index (χ1v) is 8.57. The first-order valence-electron chi connectivity index (χ1n) is 8.17. The molecule has 0 radical (unpaired) electrons. The lowest BCUT2D eigenvalue weighted by atomic mass is 9.71. The number of thiocarbonyl (C=S) groups is 1. The van der Waals surface area contributed by atoms with Gasteiger partial charge in [0.25, 0.3) is 0 Å². The van der Waals surface area contributed by atoms with E-state index in [1.165, 1.54) is 32.1 Å². The third kappa shape index (κ3) is 3.19. The van der Waals surface area contributed by atoms with Crippen LogP contribution in [0.5, 0.6) is 0 Å². The molecule has 0 unspecified atom stereocenters. The Kier molecular flexibility index (Phi) is 3.83. The van der Waals surface area contributed by atoms with Crippen LogP contribution in [0.15, 0.2) is 12.2 Å². The van der Waals surface area contributed by atoms with Crippen molar-refractivity contribution in [1.29, 1.82) is 0 Å². The van der Waals surface area contributed by atoms with Gasteiger partial charge in [0.1, 0.15) is 0 Å². The molecule has 0 saturated heterocycles. The molecule has 2 fully saturated rings. The molecule has 3 heteroatoms. The molecule has 0 aromatic heterocycles. The van der Waals surface area contributed by atoms with Crippen LogP contribution in [0.2, 0.25) is 0 Å². The van der Waals surface area contributed by atoms with E-state index in [2.05, 4.69) is 43.6 Å². The summed E-state index contributed by atoms with van der Waals surface area (Å²) in [7, 11) is 0. The summed E-state index contributed by atoms with van der Waals surface area (Å²) in [6.45, 7) is 7.13. The van der Waals surface area contributed by atoms with Crippen molar-refractivity contribution in [2.45, 2.75) is 65.0 Å². The Morgan fingerprint density at radius 3 is 2.50 bits per heavy atom. The maximum absolute atomic E-state index is 5.55. The minimum absolute atomic E-state index is 0.445. The highest BCUT2D eigenvalue weighted by Crippen LogP contribution is 2.40. The summed E-state index contributed by atoms with van der Waals surface area (Å²) >= 11 is 5.55. The summed E-state index contributed by atoms with van der Waals surface area (Å²) in [4.78, 5) is 0. The van der Waals surface area contributed by atoms with E-state index in [4.69, 9.17) is 12.2 Å². The summed E-state index contributed by atoms with van der Waals surface area (Å²) < 4.78 is 0. The fraction of sp³-hybridized carbons (Fsp3) is 0.824. The van der Waals surface area contributed by atoms with Crippen molar-refractivity contribution >= 4 is 17.3 Å². The van der Waals surface area contributed by atoms with Crippen molar-refractivity contribution in [1.82, 2.24) is 10.6 Å². The minimum Gasteiger partial charge on any atom is -0.360 e. The van der Waals surface area contributed by atoms with Crippen LogP contribution in [-0.4, -0.2) is 17.2 Å². The lowest BCUT2D eigenvalue weighted by Gasteiger charge is -2.40. The highest BCUT2D eigenvalue weighted by Gasteiger charge is 2.36. The minimum atomic E-state index is 0.445. The quantitative estimate of drug-likeness (QED) is 0.600. The van der Waals surface area contributed by atoms with Crippen LogP contribution < -0.4 is 10.6 Å². The maximum Gasteiger partial charge on any atom is 0.166 e. The molecule has 2 N–H and O–H groups in total. The Bertz CT molecular complexity index is 415. The second-order valence-electron chi connectivity index (χ2n) is 8.11. The van der Waals surface area contributed by atoms with Crippen LogP contribution in [-0.2, 0) is 0 Å². The molecule has 5 atom stereocenters. The SMILES string of the molecule is C[C@@H]1C[C@H](NC(=S)N[C@H]2C[C@H]3C=C[C@H]2C3)CC(C)(C)C1. The number of hydrogen-bond acceptors (Lipinski definition) is 1. The van der Waals surface area contributed by atoms with Crippen molar-refractivity contribution in [3.05, 3.63) is 12.2 Å². The van der Waals surface area contributed by atoms with E-state index in [0.29, 0.717) is 23.4 Å². The molecule has 0 aromatic carbocycles.